The van der Waals surface area contributed by atoms with Crippen LogP contribution in [0.2, 0.25) is 0 Å². The molecule has 2 aromatic rings. The molecule has 2 aromatic carbocycles. The summed E-state index contributed by atoms with van der Waals surface area (Å²) in [6.45, 7) is 1.63. The molecule has 0 aliphatic rings. The minimum Gasteiger partial charge on any atom is -0.294 e. The molecule has 0 unspecified atom stereocenters. The maximum Gasteiger partial charge on any atom is 0.270 e. The van der Waals surface area contributed by atoms with E-state index in [4.69, 9.17) is 0 Å². The molecule has 0 bridgehead atoms. The molecule has 0 spiro atoms. The lowest BCUT2D eigenvalue weighted by Gasteiger charge is -2.04. The molecule has 6 heteroatoms. The van der Waals surface area contributed by atoms with Crippen LogP contribution in [0.25, 0.3) is 0 Å². The number of aryl methyl sites for hydroxylation is 1. The topological polar surface area (TPSA) is 60.2 Å². The number of hydrogen-bond acceptors (Lipinski definition) is 3. The molecule has 0 aromatic heterocycles. The molecular weight excluding hydrogens is 280 g/mol. The number of nitro groups is 1. The van der Waals surface area contributed by atoms with Gasteiger partial charge in [-0.05, 0) is 30.2 Å². The third-order valence-electron chi connectivity index (χ3n) is 2.96. The summed E-state index contributed by atoms with van der Waals surface area (Å²) in [5.41, 5.74) is 0.543. The van der Waals surface area contributed by atoms with Crippen molar-refractivity contribution in [3.63, 3.8) is 0 Å². The summed E-state index contributed by atoms with van der Waals surface area (Å²) in [6, 6.07) is 6.93. The molecular formula is C15H11F2NO3. The Morgan fingerprint density at radius 2 is 1.90 bits per heavy atom. The summed E-state index contributed by atoms with van der Waals surface area (Å²) in [4.78, 5) is 22.3. The van der Waals surface area contributed by atoms with Crippen molar-refractivity contribution >= 4 is 11.5 Å². The zero-order chi connectivity index (χ0) is 15.6. The van der Waals surface area contributed by atoms with E-state index in [0.29, 0.717) is 11.6 Å². The molecule has 0 saturated heterocycles. The number of nitrogens with zero attached hydrogens (tertiary/aromatic N) is 1. The Morgan fingerprint density at radius 1 is 1.19 bits per heavy atom. The van der Waals surface area contributed by atoms with E-state index in [2.05, 4.69) is 0 Å². The predicted octanol–water partition coefficient (Wildman–Crippen LogP) is 3.61. The quantitative estimate of drug-likeness (QED) is 0.491. The minimum atomic E-state index is -0.814. The molecule has 0 amide bonds. The summed E-state index contributed by atoms with van der Waals surface area (Å²) >= 11 is 0. The molecule has 0 atom stereocenters. The van der Waals surface area contributed by atoms with Crippen molar-refractivity contribution in [2.45, 2.75) is 13.3 Å². The number of ketones is 1. The molecule has 0 heterocycles. The SMILES string of the molecule is Cc1cc(C(=O)Cc2ccc(F)cc2F)cc([N+](=O)[O-])c1. The van der Waals surface area contributed by atoms with Crippen molar-refractivity contribution in [1.29, 1.82) is 0 Å². The first-order valence-corrected chi connectivity index (χ1v) is 6.10. The van der Waals surface area contributed by atoms with Gasteiger partial charge in [0.15, 0.2) is 5.78 Å². The van der Waals surface area contributed by atoms with Gasteiger partial charge in [0.1, 0.15) is 11.6 Å². The molecule has 2 rings (SSSR count). The van der Waals surface area contributed by atoms with Gasteiger partial charge in [-0.1, -0.05) is 6.07 Å². The van der Waals surface area contributed by atoms with E-state index in [1.165, 1.54) is 18.2 Å². The van der Waals surface area contributed by atoms with Gasteiger partial charge in [-0.2, -0.15) is 0 Å². The summed E-state index contributed by atoms with van der Waals surface area (Å²) < 4.78 is 26.3. The minimum absolute atomic E-state index is 0.0468. The Kier molecular flexibility index (Phi) is 4.07. The molecule has 0 saturated carbocycles. The van der Waals surface area contributed by atoms with Gasteiger partial charge in [-0.3, -0.25) is 14.9 Å². The number of non-ortho nitro benzene ring substituents is 1. The average molecular weight is 291 g/mol. The fourth-order valence-corrected chi connectivity index (χ4v) is 1.97. The number of rotatable bonds is 4. The third kappa shape index (κ3) is 3.47. The van der Waals surface area contributed by atoms with Crippen molar-refractivity contribution in [2.24, 2.45) is 0 Å². The number of carbonyl (C=O) groups excluding carboxylic acids is 1. The molecule has 0 fully saturated rings. The van der Waals surface area contributed by atoms with E-state index in [0.717, 1.165) is 12.1 Å². The third-order valence-corrected chi connectivity index (χ3v) is 2.96. The highest BCUT2D eigenvalue weighted by Gasteiger charge is 2.15. The first-order valence-electron chi connectivity index (χ1n) is 6.10. The summed E-state index contributed by atoms with van der Waals surface area (Å²) in [6.07, 6.45) is -0.285. The average Bonchev–Trinajstić information content (AvgIpc) is 2.41. The second-order valence-electron chi connectivity index (χ2n) is 4.65. The Morgan fingerprint density at radius 3 is 2.52 bits per heavy atom. The van der Waals surface area contributed by atoms with Crippen LogP contribution < -0.4 is 0 Å². The Bertz CT molecular complexity index is 729. The normalized spacial score (nSPS) is 10.4. The van der Waals surface area contributed by atoms with Gasteiger partial charge in [0.25, 0.3) is 5.69 Å². The van der Waals surface area contributed by atoms with Crippen molar-refractivity contribution in [2.75, 3.05) is 0 Å². The molecule has 108 valence electrons. The number of carbonyl (C=O) groups is 1. The van der Waals surface area contributed by atoms with Crippen LogP contribution in [0, 0.1) is 28.7 Å². The van der Waals surface area contributed by atoms with Crippen molar-refractivity contribution in [3.05, 3.63) is 74.8 Å². The van der Waals surface area contributed by atoms with Crippen LogP contribution in [0.15, 0.2) is 36.4 Å². The van der Waals surface area contributed by atoms with Crippen LogP contribution in [-0.2, 0) is 6.42 Å². The standard InChI is InChI=1S/C15H11F2NO3/c1-9-4-11(6-13(5-9)18(20)21)15(19)7-10-2-3-12(16)8-14(10)17/h2-6,8H,7H2,1H3. The van der Waals surface area contributed by atoms with E-state index >= 15 is 0 Å². The molecule has 21 heavy (non-hydrogen) atoms. The Balaban J connectivity index is 2.30. The van der Waals surface area contributed by atoms with Crippen LogP contribution in [0.5, 0.6) is 0 Å². The second-order valence-corrected chi connectivity index (χ2v) is 4.65. The first kappa shape index (κ1) is 14.8. The van der Waals surface area contributed by atoms with Gasteiger partial charge in [0.05, 0.1) is 4.92 Å². The second kappa shape index (κ2) is 5.78. The maximum atomic E-state index is 13.5. The smallest absolute Gasteiger partial charge is 0.270 e. The molecule has 0 N–H and O–H groups in total. The maximum absolute atomic E-state index is 13.5. The van der Waals surface area contributed by atoms with Crippen LogP contribution in [0.4, 0.5) is 14.5 Å². The largest absolute Gasteiger partial charge is 0.294 e. The highest BCUT2D eigenvalue weighted by molar-refractivity contribution is 5.98. The lowest BCUT2D eigenvalue weighted by molar-refractivity contribution is -0.384. The van der Waals surface area contributed by atoms with Gasteiger partial charge in [0.2, 0.25) is 0 Å². The number of benzene rings is 2. The van der Waals surface area contributed by atoms with Crippen LogP contribution in [0.3, 0.4) is 0 Å². The van der Waals surface area contributed by atoms with E-state index in [1.54, 1.807) is 6.92 Å². The molecule has 4 nitrogen and oxygen atoms in total. The lowest BCUT2D eigenvalue weighted by atomic mass is 10.0. The van der Waals surface area contributed by atoms with E-state index in [-0.39, 0.29) is 23.2 Å². The van der Waals surface area contributed by atoms with Gasteiger partial charge in [0, 0.05) is 30.2 Å². The number of Topliss-reactive ketones (excluding diaryl/α,β-unsaturated/α-hetero) is 1. The van der Waals surface area contributed by atoms with Crippen molar-refractivity contribution in [1.82, 2.24) is 0 Å². The fraction of sp³-hybridized carbons (Fsp3) is 0.133. The number of nitro benzene ring substituents is 1. The molecule has 0 aliphatic carbocycles. The van der Waals surface area contributed by atoms with Crippen molar-refractivity contribution < 1.29 is 18.5 Å². The highest BCUT2D eigenvalue weighted by atomic mass is 19.1. The van der Waals surface area contributed by atoms with Gasteiger partial charge in [-0.25, -0.2) is 8.78 Å². The highest BCUT2D eigenvalue weighted by Crippen LogP contribution is 2.19. The number of halogens is 2. The van der Waals surface area contributed by atoms with Crippen LogP contribution in [-0.4, -0.2) is 10.7 Å². The predicted molar refractivity (Wildman–Crippen MR) is 72.2 cm³/mol. The van der Waals surface area contributed by atoms with Crippen molar-refractivity contribution in [3.8, 4) is 0 Å². The zero-order valence-corrected chi connectivity index (χ0v) is 11.1. The van der Waals surface area contributed by atoms with E-state index in [9.17, 15) is 23.7 Å². The van der Waals surface area contributed by atoms with Crippen LogP contribution in [0.1, 0.15) is 21.5 Å². The van der Waals surface area contributed by atoms with Crippen LogP contribution >= 0.6 is 0 Å². The summed E-state index contributed by atoms with van der Waals surface area (Å²) in [5, 5.41) is 10.8. The monoisotopic (exact) mass is 291 g/mol. The fourth-order valence-electron chi connectivity index (χ4n) is 1.97. The van der Waals surface area contributed by atoms with Gasteiger partial charge < -0.3 is 0 Å². The molecule has 0 radical (unpaired) electrons. The number of hydrogen-bond donors (Lipinski definition) is 0. The zero-order valence-electron chi connectivity index (χ0n) is 11.1. The summed E-state index contributed by atoms with van der Waals surface area (Å²) in [5.74, 6) is -2.01. The summed E-state index contributed by atoms with van der Waals surface area (Å²) in [7, 11) is 0. The molecule has 0 aliphatic heterocycles. The Hall–Kier alpha value is -2.63. The first-order chi connectivity index (χ1) is 9.86. The Labute approximate surface area is 119 Å². The van der Waals surface area contributed by atoms with E-state index in [1.807, 2.05) is 0 Å². The van der Waals surface area contributed by atoms with E-state index < -0.39 is 22.3 Å². The lowest BCUT2D eigenvalue weighted by Crippen LogP contribution is -2.06. The van der Waals surface area contributed by atoms with Gasteiger partial charge in [-0.15, -0.1) is 0 Å². The van der Waals surface area contributed by atoms with Gasteiger partial charge >= 0.3 is 0 Å².